The molecule has 1 fully saturated rings. The van der Waals surface area contributed by atoms with Gasteiger partial charge >= 0.3 is 27.6 Å². The van der Waals surface area contributed by atoms with E-state index in [1.54, 1.807) is 12.2 Å². The predicted octanol–water partition coefficient (Wildman–Crippen LogP) is 8.92. The third-order valence-corrected chi connectivity index (χ3v) is 12.2. The number of aliphatic hydroxyl groups is 5. The Morgan fingerprint density at radius 3 is 1.61 bits per heavy atom. The van der Waals surface area contributed by atoms with Gasteiger partial charge in [0.05, 0.1) is 12.7 Å². The largest absolute Gasteiger partial charge is 0.472 e. The molecule has 17 nitrogen and oxygen atoms in total. The van der Waals surface area contributed by atoms with Gasteiger partial charge in [0.1, 0.15) is 43.2 Å². The van der Waals surface area contributed by atoms with E-state index >= 15 is 0 Å². The average Bonchev–Trinajstić information content (AvgIpc) is 3.31. The van der Waals surface area contributed by atoms with E-state index in [4.69, 9.17) is 18.5 Å². The van der Waals surface area contributed by atoms with Crippen molar-refractivity contribution < 1.29 is 82.0 Å². The van der Waals surface area contributed by atoms with Crippen molar-refractivity contribution in [2.45, 2.75) is 198 Å². The number of unbranched alkanes of at least 4 members (excludes halogenated alkanes) is 9. The molecule has 0 radical (unpaired) electrons. The molecule has 5 unspecified atom stereocenters. The van der Waals surface area contributed by atoms with Gasteiger partial charge in [-0.25, -0.2) is 9.13 Å². The zero-order valence-electron chi connectivity index (χ0n) is 41.3. The number of hydrogen-bond acceptors (Lipinski definition) is 14. The summed E-state index contributed by atoms with van der Waals surface area (Å²) in [6, 6.07) is 0. The number of phosphoric ester groups is 2. The second-order valence-electron chi connectivity index (χ2n) is 17.0. The van der Waals surface area contributed by atoms with Crippen molar-refractivity contribution in [2.75, 3.05) is 13.2 Å². The van der Waals surface area contributed by atoms with Crippen LogP contribution < -0.4 is 0 Å². The first-order valence-corrected chi connectivity index (χ1v) is 27.9. The molecule has 0 saturated heterocycles. The lowest BCUT2D eigenvalue weighted by molar-refractivity contribution is -0.216. The van der Waals surface area contributed by atoms with Crippen LogP contribution in [0.3, 0.4) is 0 Å². The minimum Gasteiger partial charge on any atom is -0.462 e. The Balaban J connectivity index is 2.66. The topological polar surface area (TPSA) is 276 Å². The summed E-state index contributed by atoms with van der Waals surface area (Å²) >= 11 is 0. The number of phosphoric acid groups is 2. The molecule has 19 heteroatoms. The molecule has 0 amide bonds. The number of carbonyl (C=O) groups is 2. The molecule has 9 atom stereocenters. The Kier molecular flexibility index (Phi) is 37.4. The van der Waals surface area contributed by atoms with Crippen LogP contribution in [-0.4, -0.2) is 114 Å². The smallest absolute Gasteiger partial charge is 0.462 e. The number of aliphatic hydroxyl groups excluding tert-OH is 5. The first-order chi connectivity index (χ1) is 33.5. The van der Waals surface area contributed by atoms with Gasteiger partial charge in [-0.3, -0.25) is 23.2 Å². The van der Waals surface area contributed by atoms with E-state index in [-0.39, 0.29) is 25.7 Å². The van der Waals surface area contributed by atoms with E-state index in [0.717, 1.165) is 83.5 Å². The number of carbonyl (C=O) groups excluding carboxylic acids is 2. The van der Waals surface area contributed by atoms with Crippen LogP contribution in [0, 0.1) is 0 Å². The molecule has 0 spiro atoms. The van der Waals surface area contributed by atoms with Gasteiger partial charge in [0.2, 0.25) is 0 Å². The van der Waals surface area contributed by atoms with Crippen molar-refractivity contribution in [3.8, 4) is 0 Å². The van der Waals surface area contributed by atoms with Crippen molar-refractivity contribution in [2.24, 2.45) is 0 Å². The van der Waals surface area contributed by atoms with Crippen LogP contribution in [0.5, 0.6) is 0 Å². The Labute approximate surface area is 416 Å². The monoisotopic (exact) mass is 1030 g/mol. The summed E-state index contributed by atoms with van der Waals surface area (Å²) in [5.74, 6) is -1.43. The van der Waals surface area contributed by atoms with Gasteiger partial charge in [-0.1, -0.05) is 150 Å². The number of esters is 2. The maximum Gasteiger partial charge on any atom is 0.472 e. The molecular formula is C51H84O17P2. The van der Waals surface area contributed by atoms with Gasteiger partial charge < -0.3 is 49.7 Å². The molecule has 1 rings (SSSR count). The lowest BCUT2D eigenvalue weighted by Crippen LogP contribution is -2.64. The molecule has 0 aliphatic heterocycles. The Morgan fingerprint density at radius 1 is 0.543 bits per heavy atom. The van der Waals surface area contributed by atoms with Gasteiger partial charge in [0, 0.05) is 12.8 Å². The Bertz CT molecular complexity index is 1730. The van der Waals surface area contributed by atoms with Gasteiger partial charge in [-0.05, 0) is 83.5 Å². The second kappa shape index (κ2) is 40.4. The van der Waals surface area contributed by atoms with Gasteiger partial charge in [0.15, 0.2) is 6.10 Å². The van der Waals surface area contributed by atoms with Crippen molar-refractivity contribution >= 4 is 27.6 Å². The highest BCUT2D eigenvalue weighted by Gasteiger charge is 2.54. The fraction of sp³-hybridized carbons (Fsp3) is 0.647. The first-order valence-electron chi connectivity index (χ1n) is 24.9. The van der Waals surface area contributed by atoms with Crippen molar-refractivity contribution in [3.05, 3.63) is 97.2 Å². The SMILES string of the molecule is CC/C=C\C/C=C\C/C=C\C/C=C\CCCCCCCCC(=O)OC[C@H](COP(=O)(O)O[C@H]1C(O)C(O)C(O)[C@@H](OP(=O)(O)O)C1O)OC(=O)CCC[C@@H](O)/C=C/C=C\C/C=C\C/C=C\CCCCC. The highest BCUT2D eigenvalue weighted by atomic mass is 31.2. The number of hydrogen-bond donors (Lipinski definition) is 8. The highest BCUT2D eigenvalue weighted by molar-refractivity contribution is 7.47. The van der Waals surface area contributed by atoms with Crippen LogP contribution in [0.15, 0.2) is 97.2 Å². The molecule has 0 aromatic heterocycles. The average molecular weight is 1030 g/mol. The van der Waals surface area contributed by atoms with E-state index in [0.29, 0.717) is 6.42 Å². The fourth-order valence-electron chi connectivity index (χ4n) is 6.88. The summed E-state index contributed by atoms with van der Waals surface area (Å²) in [5.41, 5.74) is 0. The van der Waals surface area contributed by atoms with Crippen LogP contribution in [0.4, 0.5) is 0 Å². The van der Waals surface area contributed by atoms with Crippen LogP contribution in [0.1, 0.15) is 149 Å². The van der Waals surface area contributed by atoms with Crippen molar-refractivity contribution in [1.82, 2.24) is 0 Å². The van der Waals surface area contributed by atoms with Crippen molar-refractivity contribution in [3.63, 3.8) is 0 Å². The molecule has 1 aliphatic carbocycles. The quantitative estimate of drug-likeness (QED) is 0.00935. The van der Waals surface area contributed by atoms with E-state index in [1.165, 1.54) is 19.3 Å². The predicted molar refractivity (Wildman–Crippen MR) is 270 cm³/mol. The molecule has 70 heavy (non-hydrogen) atoms. The second-order valence-corrected chi connectivity index (χ2v) is 19.6. The summed E-state index contributed by atoms with van der Waals surface area (Å²) < 4.78 is 49.3. The maximum absolute atomic E-state index is 13.0. The van der Waals surface area contributed by atoms with E-state index in [9.17, 15) is 58.9 Å². The van der Waals surface area contributed by atoms with Crippen LogP contribution in [0.2, 0.25) is 0 Å². The fourth-order valence-corrected chi connectivity index (χ4v) is 8.42. The third-order valence-electron chi connectivity index (χ3n) is 10.7. The molecule has 0 heterocycles. The molecule has 8 N–H and O–H groups in total. The molecular weight excluding hydrogens is 946 g/mol. The number of ether oxygens (including phenoxy) is 2. The van der Waals surface area contributed by atoms with E-state index in [2.05, 4.69) is 91.3 Å². The lowest BCUT2D eigenvalue weighted by Gasteiger charge is -2.43. The van der Waals surface area contributed by atoms with Gasteiger partial charge in [-0.2, -0.15) is 0 Å². The molecule has 1 saturated carbocycles. The Morgan fingerprint density at radius 2 is 1.04 bits per heavy atom. The summed E-state index contributed by atoms with van der Waals surface area (Å²) in [6.07, 6.45) is 33.7. The normalized spacial score (nSPS) is 22.3. The molecule has 0 bridgehead atoms. The maximum atomic E-state index is 13.0. The van der Waals surface area contributed by atoms with Crippen LogP contribution in [0.25, 0.3) is 0 Å². The van der Waals surface area contributed by atoms with Crippen LogP contribution >= 0.6 is 15.6 Å². The molecule has 0 aromatic carbocycles. The number of allylic oxidation sites excluding steroid dienone is 15. The summed E-state index contributed by atoms with van der Waals surface area (Å²) in [6.45, 7) is 2.79. The molecule has 0 aromatic rings. The number of rotatable bonds is 40. The Hall–Kier alpha value is -3.12. The zero-order chi connectivity index (χ0) is 51.9. The third kappa shape index (κ3) is 34.3. The van der Waals surface area contributed by atoms with Crippen LogP contribution in [-0.2, 0) is 41.8 Å². The highest BCUT2D eigenvalue weighted by Crippen LogP contribution is 2.49. The standard InChI is InChI=1S/C51H84O17P2/c1-3-5-7-9-11-13-15-17-18-19-20-21-22-24-26-28-30-32-34-38-44(53)64-40-43(41-65-70(62,63)68-51-48(57)46(55)47(56)50(49(51)58)67-69(59,60)61)66-45(54)39-35-37-42(52)36-33-31-29-27-25-23-16-14-12-10-8-6-4-2/h5,7,11-14,17-18,20-21,23,25,29,31,33,36,42-43,46-52,55-58H,3-4,6,8-10,15-16,19,22,24,26-28,30,32,34-35,37-41H2,1-2H3,(H,62,63)(H2,59,60,61)/b7-5-,13-11-,14-12-,18-17-,21-20-,25-23-,31-29-,36-33+/t42-,43+,46?,47?,48?,49?,50+,51-/m0/s1. The minimum absolute atomic E-state index is 0.0582. The summed E-state index contributed by atoms with van der Waals surface area (Å²) in [5, 5.41) is 51.7. The molecule has 400 valence electrons. The summed E-state index contributed by atoms with van der Waals surface area (Å²) in [4.78, 5) is 54.4. The minimum atomic E-state index is -5.39. The zero-order valence-corrected chi connectivity index (χ0v) is 43.1. The molecule has 1 aliphatic rings. The lowest BCUT2D eigenvalue weighted by atomic mass is 9.85. The summed E-state index contributed by atoms with van der Waals surface area (Å²) in [7, 11) is -10.8. The van der Waals surface area contributed by atoms with Gasteiger partial charge in [0.25, 0.3) is 0 Å². The van der Waals surface area contributed by atoms with E-state index < -0.39 is 89.6 Å². The van der Waals surface area contributed by atoms with Gasteiger partial charge in [-0.15, -0.1) is 0 Å². The van der Waals surface area contributed by atoms with E-state index in [1.807, 2.05) is 12.2 Å². The van der Waals surface area contributed by atoms with Crippen molar-refractivity contribution in [1.29, 1.82) is 0 Å². The first kappa shape index (κ1) is 64.9.